The van der Waals surface area contributed by atoms with Crippen LogP contribution in [0.1, 0.15) is 12.8 Å². The molecule has 9 nitrogen and oxygen atoms in total. The minimum Gasteiger partial charge on any atom is -0.784 e. The maximum Gasteiger partial charge on any atom is 1.00 e. The average molecular weight is 330 g/mol. The molecule has 12 heteroatoms. The second kappa shape index (κ2) is 17.3. The van der Waals surface area contributed by atoms with E-state index in [2.05, 4.69) is 21.7 Å². The topological polar surface area (TPSA) is 145 Å². The van der Waals surface area contributed by atoms with Gasteiger partial charge in [-0.1, -0.05) is 0 Å². The van der Waals surface area contributed by atoms with Crippen LogP contribution in [0.2, 0.25) is 0 Å². The molecule has 2 fully saturated rings. The largest absolute Gasteiger partial charge is 1.00 e. The molecule has 4 N–H and O–H groups in total. The van der Waals surface area contributed by atoms with E-state index < -0.39 is 11.4 Å². The first-order valence-corrected chi connectivity index (χ1v) is 5.32. The van der Waals surface area contributed by atoms with Gasteiger partial charge in [-0.15, -0.1) is 11.4 Å². The Morgan fingerprint density at radius 2 is 1.17 bits per heavy atom. The van der Waals surface area contributed by atoms with Crippen LogP contribution in [-0.2, 0) is 21.0 Å². The third kappa shape index (κ3) is 20.5. The zero-order chi connectivity index (χ0) is 12.4. The summed E-state index contributed by atoms with van der Waals surface area (Å²) in [5, 5.41) is 0. The number of nitrogens with one attached hydrogen (secondary N) is 4. The zero-order valence-electron chi connectivity index (χ0n) is 10.3. The third-order valence-corrected chi connectivity index (χ3v) is 1.41. The molecule has 2 rings (SSSR count). The Balaban J connectivity index is -0.000000182. The van der Waals surface area contributed by atoms with Crippen LogP contribution >= 0.6 is 0 Å². The molecule has 18 heavy (non-hydrogen) atoms. The molecule has 0 spiro atoms. The monoisotopic (exact) mass is 330 g/mol. The summed E-state index contributed by atoms with van der Waals surface area (Å²) in [5.41, 5.74) is 10.2. The van der Waals surface area contributed by atoms with Gasteiger partial charge in [-0.3, -0.25) is 24.6 Å². The van der Waals surface area contributed by atoms with E-state index in [1.54, 1.807) is 0 Å². The molecule has 0 aromatic heterocycles. The van der Waals surface area contributed by atoms with E-state index in [0.29, 0.717) is 12.8 Å². The SMILES string of the molecule is O=C1CCNN1.O=C1CCNN1.O=S([O-])[O-].[K+].[K+]. The molecule has 2 saturated heterocycles. The van der Waals surface area contributed by atoms with Crippen LogP contribution in [0.5, 0.6) is 0 Å². The van der Waals surface area contributed by atoms with Gasteiger partial charge in [0.05, 0.1) is 0 Å². The Labute approximate surface area is 192 Å². The van der Waals surface area contributed by atoms with Crippen LogP contribution in [0.25, 0.3) is 0 Å². The van der Waals surface area contributed by atoms with Crippen molar-refractivity contribution in [3.8, 4) is 0 Å². The Morgan fingerprint density at radius 3 is 1.22 bits per heavy atom. The molecule has 0 atom stereocenters. The van der Waals surface area contributed by atoms with Gasteiger partial charge in [0.1, 0.15) is 0 Å². The molecule has 0 saturated carbocycles. The molecule has 0 unspecified atom stereocenters. The van der Waals surface area contributed by atoms with Gasteiger partial charge >= 0.3 is 103 Å². The fourth-order valence-electron chi connectivity index (χ4n) is 0.799. The minimum atomic E-state index is -3.11. The summed E-state index contributed by atoms with van der Waals surface area (Å²) in [6, 6.07) is 0. The molecule has 2 aliphatic rings. The van der Waals surface area contributed by atoms with Crippen molar-refractivity contribution in [3.05, 3.63) is 0 Å². The number of hydrogen-bond acceptors (Lipinski definition) is 7. The molecule has 0 aromatic carbocycles. The maximum atomic E-state index is 10.1. The summed E-state index contributed by atoms with van der Waals surface area (Å²) >= 11 is -3.11. The van der Waals surface area contributed by atoms with Gasteiger partial charge in [0.15, 0.2) is 0 Å². The van der Waals surface area contributed by atoms with Gasteiger partial charge in [0.25, 0.3) is 0 Å². The molecule has 2 amide bonds. The second-order valence-electron chi connectivity index (χ2n) is 2.65. The predicted octanol–water partition coefficient (Wildman–Crippen LogP) is -8.97. The van der Waals surface area contributed by atoms with Crippen molar-refractivity contribution in [1.82, 2.24) is 21.7 Å². The van der Waals surface area contributed by atoms with Gasteiger partial charge in [-0.25, -0.2) is 10.9 Å². The second-order valence-corrected chi connectivity index (χ2v) is 3.06. The van der Waals surface area contributed by atoms with Crippen molar-refractivity contribution in [2.75, 3.05) is 13.1 Å². The van der Waals surface area contributed by atoms with Crippen LogP contribution in [-0.4, -0.2) is 38.2 Å². The van der Waals surface area contributed by atoms with Gasteiger partial charge in [-0.2, -0.15) is 0 Å². The fourth-order valence-corrected chi connectivity index (χ4v) is 0.799. The maximum absolute atomic E-state index is 10.1. The molecule has 2 heterocycles. The first-order valence-electron chi connectivity index (χ1n) is 4.32. The Hall–Kier alpha value is 2.20. The van der Waals surface area contributed by atoms with Gasteiger partial charge in [-0.05, 0) is 0 Å². The number of hydrogen-bond donors (Lipinski definition) is 4. The summed E-state index contributed by atoms with van der Waals surface area (Å²) in [6.07, 6.45) is 1.25. The molecule has 0 radical (unpaired) electrons. The summed E-state index contributed by atoms with van der Waals surface area (Å²) in [4.78, 5) is 20.1. The van der Waals surface area contributed by atoms with E-state index in [4.69, 9.17) is 13.3 Å². The number of carbonyl (C=O) groups is 2. The standard InChI is InChI=1S/2C3H6N2O.2K.H2O3S/c2*6-3-1-2-4-5-3;;;1-4(2)3/h2*4H,1-2H2,(H,5,6);;;(H2,1,2,3)/q;;2*+1;/p-2. The van der Waals surface area contributed by atoms with Crippen LogP contribution in [0.3, 0.4) is 0 Å². The number of carbonyl (C=O) groups excluding carboxylic acids is 2. The van der Waals surface area contributed by atoms with E-state index in [0.717, 1.165) is 13.1 Å². The minimum absolute atomic E-state index is 0. The normalized spacial score (nSPS) is 15.9. The Kier molecular flexibility index (Phi) is 24.1. The van der Waals surface area contributed by atoms with Crippen molar-refractivity contribution < 1.29 is 126 Å². The van der Waals surface area contributed by atoms with Crippen LogP contribution in [0, 0.1) is 0 Å². The predicted molar refractivity (Wildman–Crippen MR) is 51.2 cm³/mol. The smallest absolute Gasteiger partial charge is 0.784 e. The van der Waals surface area contributed by atoms with Crippen molar-refractivity contribution in [1.29, 1.82) is 0 Å². The van der Waals surface area contributed by atoms with Crippen molar-refractivity contribution in [3.63, 3.8) is 0 Å². The molecule has 2 aliphatic heterocycles. The van der Waals surface area contributed by atoms with E-state index in [-0.39, 0.29) is 115 Å². The van der Waals surface area contributed by atoms with Gasteiger partial charge in [0.2, 0.25) is 11.8 Å². The Bertz CT molecular complexity index is 230. The summed E-state index contributed by atoms with van der Waals surface area (Å²) in [6.45, 7) is 1.55. The van der Waals surface area contributed by atoms with Crippen LogP contribution < -0.4 is 124 Å². The summed E-state index contributed by atoms with van der Waals surface area (Å²) in [5.74, 6) is 0.185. The molecular formula is C6H12K2N4O5S. The van der Waals surface area contributed by atoms with Crippen molar-refractivity contribution >= 4 is 23.2 Å². The number of hydrazine groups is 2. The van der Waals surface area contributed by atoms with Crippen LogP contribution in [0.4, 0.5) is 0 Å². The first-order chi connectivity index (χ1) is 7.52. The number of rotatable bonds is 0. The van der Waals surface area contributed by atoms with E-state index in [9.17, 15) is 9.59 Å². The summed E-state index contributed by atoms with van der Waals surface area (Å²) < 4.78 is 25.3. The Morgan fingerprint density at radius 1 is 0.889 bits per heavy atom. The molecular weight excluding hydrogens is 318 g/mol. The average Bonchev–Trinajstić information content (AvgIpc) is 2.78. The third-order valence-electron chi connectivity index (χ3n) is 1.41. The van der Waals surface area contributed by atoms with Crippen molar-refractivity contribution in [2.24, 2.45) is 0 Å². The summed E-state index contributed by atoms with van der Waals surface area (Å²) in [7, 11) is 0. The fraction of sp³-hybridized carbons (Fsp3) is 0.667. The molecule has 0 aliphatic carbocycles. The van der Waals surface area contributed by atoms with E-state index in [1.807, 2.05) is 0 Å². The van der Waals surface area contributed by atoms with Gasteiger partial charge in [0, 0.05) is 25.9 Å². The molecule has 0 aromatic rings. The molecule has 0 bridgehead atoms. The van der Waals surface area contributed by atoms with Gasteiger partial charge < -0.3 is 9.11 Å². The van der Waals surface area contributed by atoms with E-state index in [1.165, 1.54) is 0 Å². The van der Waals surface area contributed by atoms with Crippen molar-refractivity contribution in [2.45, 2.75) is 12.8 Å². The quantitative estimate of drug-likeness (QED) is 0.255. The van der Waals surface area contributed by atoms with Crippen LogP contribution in [0.15, 0.2) is 0 Å². The first kappa shape index (κ1) is 25.2. The molecule has 94 valence electrons. The number of amides is 2. The zero-order valence-corrected chi connectivity index (χ0v) is 17.3. The van der Waals surface area contributed by atoms with E-state index >= 15 is 0 Å².